The molecule has 0 atom stereocenters. The van der Waals surface area contributed by atoms with Crippen LogP contribution in [0.1, 0.15) is 10.4 Å². The molecular weight excluding hydrogens is 375 g/mol. The Hall–Kier alpha value is -2.16. The smallest absolute Gasteiger partial charge is 0.338 e. The number of rotatable bonds is 4. The number of hydrogen-bond donors (Lipinski definition) is 2. The van der Waals surface area contributed by atoms with Crippen molar-refractivity contribution < 1.29 is 14.8 Å². The van der Waals surface area contributed by atoms with E-state index in [0.29, 0.717) is 11.4 Å². The average molecular weight is 384 g/mol. The number of halogens is 1. The second kappa shape index (κ2) is 5.87. The van der Waals surface area contributed by atoms with Crippen LogP contribution in [0.5, 0.6) is 0 Å². The fourth-order valence-corrected chi connectivity index (χ4v) is 1.98. The molecule has 0 aliphatic carbocycles. The summed E-state index contributed by atoms with van der Waals surface area (Å²) < 4.78 is 1.05. The third kappa shape index (κ3) is 3.23. The summed E-state index contributed by atoms with van der Waals surface area (Å²) in [5, 5.41) is 22.7. The summed E-state index contributed by atoms with van der Waals surface area (Å²) >= 11 is 2.16. The normalized spacial score (nSPS) is 10.1. The summed E-state index contributed by atoms with van der Waals surface area (Å²) in [4.78, 5) is 21.2. The van der Waals surface area contributed by atoms with Crippen LogP contribution in [-0.4, -0.2) is 16.0 Å². The number of non-ortho nitro benzene ring substituents is 1. The Balaban J connectivity index is 2.38. The third-order valence-electron chi connectivity index (χ3n) is 2.57. The first-order chi connectivity index (χ1) is 9.47. The van der Waals surface area contributed by atoms with Gasteiger partial charge in [0.2, 0.25) is 0 Å². The Morgan fingerprint density at radius 2 is 1.85 bits per heavy atom. The number of aromatic carboxylic acids is 1. The number of carboxylic acids is 1. The van der Waals surface area contributed by atoms with Crippen molar-refractivity contribution in [2.24, 2.45) is 0 Å². The zero-order chi connectivity index (χ0) is 14.7. The van der Waals surface area contributed by atoms with E-state index in [-0.39, 0.29) is 11.3 Å². The number of nitrogens with one attached hydrogen (secondary N) is 1. The van der Waals surface area contributed by atoms with Gasteiger partial charge in [-0.05, 0) is 52.9 Å². The van der Waals surface area contributed by atoms with E-state index in [2.05, 4.69) is 27.9 Å². The molecule has 0 aliphatic heterocycles. The van der Waals surface area contributed by atoms with Crippen LogP contribution in [-0.2, 0) is 0 Å². The van der Waals surface area contributed by atoms with Crippen LogP contribution >= 0.6 is 22.6 Å². The van der Waals surface area contributed by atoms with Gasteiger partial charge >= 0.3 is 5.97 Å². The first-order valence-corrected chi connectivity index (χ1v) is 6.59. The summed E-state index contributed by atoms with van der Waals surface area (Å²) in [6.45, 7) is 0. The van der Waals surface area contributed by atoms with Crippen molar-refractivity contribution in [3.8, 4) is 0 Å². The van der Waals surface area contributed by atoms with Gasteiger partial charge in [0.15, 0.2) is 0 Å². The highest BCUT2D eigenvalue weighted by Gasteiger charge is 2.16. The third-order valence-corrected chi connectivity index (χ3v) is 3.29. The van der Waals surface area contributed by atoms with Gasteiger partial charge in [0.05, 0.1) is 16.2 Å². The Morgan fingerprint density at radius 3 is 2.40 bits per heavy atom. The molecule has 0 heterocycles. The van der Waals surface area contributed by atoms with E-state index in [4.69, 9.17) is 5.11 Å². The summed E-state index contributed by atoms with van der Waals surface area (Å²) in [7, 11) is 0. The Kier molecular flexibility index (Phi) is 4.18. The lowest BCUT2D eigenvalue weighted by molar-refractivity contribution is -0.384. The van der Waals surface area contributed by atoms with Crippen molar-refractivity contribution >= 4 is 45.6 Å². The first kappa shape index (κ1) is 14.3. The Bertz CT molecular complexity index is 671. The second-order valence-electron chi connectivity index (χ2n) is 3.92. The highest BCUT2D eigenvalue weighted by Crippen LogP contribution is 2.25. The Morgan fingerprint density at radius 1 is 1.20 bits per heavy atom. The van der Waals surface area contributed by atoms with Crippen molar-refractivity contribution in [3.05, 3.63) is 61.7 Å². The quantitative estimate of drug-likeness (QED) is 0.477. The summed E-state index contributed by atoms with van der Waals surface area (Å²) in [5.74, 6) is -1.22. The Labute approximate surface area is 127 Å². The van der Waals surface area contributed by atoms with Crippen LogP contribution in [0.3, 0.4) is 0 Å². The lowest BCUT2D eigenvalue weighted by Crippen LogP contribution is -2.04. The molecule has 0 aliphatic rings. The number of carbonyl (C=O) groups is 1. The van der Waals surface area contributed by atoms with Gasteiger partial charge in [-0.15, -0.1) is 0 Å². The molecule has 0 radical (unpaired) electrons. The average Bonchev–Trinajstić information content (AvgIpc) is 2.41. The van der Waals surface area contributed by atoms with Crippen molar-refractivity contribution in [2.75, 3.05) is 5.32 Å². The predicted molar refractivity (Wildman–Crippen MR) is 82.5 cm³/mol. The maximum Gasteiger partial charge on any atom is 0.338 e. The van der Waals surface area contributed by atoms with Crippen LogP contribution in [0.25, 0.3) is 0 Å². The lowest BCUT2D eigenvalue weighted by Gasteiger charge is -2.09. The van der Waals surface area contributed by atoms with Gasteiger partial charge in [-0.2, -0.15) is 0 Å². The van der Waals surface area contributed by atoms with Gasteiger partial charge in [-0.1, -0.05) is 0 Å². The van der Waals surface area contributed by atoms with Crippen molar-refractivity contribution in [1.29, 1.82) is 0 Å². The number of anilines is 2. The summed E-state index contributed by atoms with van der Waals surface area (Å²) in [6.07, 6.45) is 0. The maximum atomic E-state index is 11.2. The number of nitro groups is 1. The predicted octanol–water partition coefficient (Wildman–Crippen LogP) is 3.64. The van der Waals surface area contributed by atoms with Crippen LogP contribution in [0.4, 0.5) is 17.1 Å². The van der Waals surface area contributed by atoms with E-state index in [1.54, 1.807) is 12.1 Å². The van der Waals surface area contributed by atoms with Crippen molar-refractivity contribution in [3.63, 3.8) is 0 Å². The van der Waals surface area contributed by atoms with E-state index >= 15 is 0 Å². The zero-order valence-electron chi connectivity index (χ0n) is 10.0. The highest BCUT2D eigenvalue weighted by atomic mass is 127. The fourth-order valence-electron chi connectivity index (χ4n) is 1.62. The lowest BCUT2D eigenvalue weighted by atomic mass is 10.1. The fraction of sp³-hybridized carbons (Fsp3) is 0. The summed E-state index contributed by atoms with van der Waals surface area (Å²) in [6, 6.07) is 11.0. The minimum atomic E-state index is -1.22. The molecule has 20 heavy (non-hydrogen) atoms. The van der Waals surface area contributed by atoms with Crippen LogP contribution < -0.4 is 5.32 Å². The monoisotopic (exact) mass is 384 g/mol. The van der Waals surface area contributed by atoms with Crippen LogP contribution in [0, 0.1) is 13.7 Å². The molecule has 7 heteroatoms. The molecule has 0 spiro atoms. The molecule has 6 nitrogen and oxygen atoms in total. The van der Waals surface area contributed by atoms with Gasteiger partial charge in [0, 0.05) is 21.4 Å². The first-order valence-electron chi connectivity index (χ1n) is 5.51. The van der Waals surface area contributed by atoms with Gasteiger partial charge in [-0.25, -0.2) is 4.79 Å². The standard InChI is InChI=1S/C13H9IN2O4/c14-8-1-3-9(4-2-8)15-12-6-5-10(16(19)20)7-11(12)13(17)18/h1-7,15H,(H,17,18). The van der Waals surface area contributed by atoms with Crippen molar-refractivity contribution in [2.45, 2.75) is 0 Å². The molecule has 2 aromatic rings. The van der Waals surface area contributed by atoms with Gasteiger partial charge in [-0.3, -0.25) is 10.1 Å². The number of nitro benzene ring substituents is 1. The highest BCUT2D eigenvalue weighted by molar-refractivity contribution is 14.1. The van der Waals surface area contributed by atoms with Gasteiger partial charge in [0.25, 0.3) is 5.69 Å². The molecular formula is C13H9IN2O4. The molecule has 0 amide bonds. The summed E-state index contributed by atoms with van der Waals surface area (Å²) in [5.41, 5.74) is 0.624. The van der Waals surface area contributed by atoms with Crippen LogP contribution in [0.2, 0.25) is 0 Å². The molecule has 0 saturated carbocycles. The molecule has 2 aromatic carbocycles. The number of hydrogen-bond acceptors (Lipinski definition) is 4. The molecule has 2 N–H and O–H groups in total. The molecule has 102 valence electrons. The minimum Gasteiger partial charge on any atom is -0.478 e. The maximum absolute atomic E-state index is 11.2. The largest absolute Gasteiger partial charge is 0.478 e. The molecule has 0 fully saturated rings. The number of benzene rings is 2. The van der Waals surface area contributed by atoms with Gasteiger partial charge < -0.3 is 10.4 Å². The van der Waals surface area contributed by atoms with Crippen molar-refractivity contribution in [1.82, 2.24) is 0 Å². The molecule has 0 aromatic heterocycles. The minimum absolute atomic E-state index is 0.141. The molecule has 2 rings (SSSR count). The second-order valence-corrected chi connectivity index (χ2v) is 5.17. The van der Waals surface area contributed by atoms with E-state index < -0.39 is 10.9 Å². The number of nitrogens with zero attached hydrogens (tertiary/aromatic N) is 1. The molecule has 0 saturated heterocycles. The topological polar surface area (TPSA) is 92.5 Å². The SMILES string of the molecule is O=C(O)c1cc([N+](=O)[O-])ccc1Nc1ccc(I)cc1. The van der Waals surface area contributed by atoms with E-state index in [1.165, 1.54) is 12.1 Å². The van der Waals surface area contributed by atoms with E-state index in [9.17, 15) is 14.9 Å². The van der Waals surface area contributed by atoms with E-state index in [0.717, 1.165) is 9.64 Å². The zero-order valence-corrected chi connectivity index (χ0v) is 12.2. The number of carboxylic acid groups (broad SMARTS) is 1. The van der Waals surface area contributed by atoms with Gasteiger partial charge in [0.1, 0.15) is 0 Å². The molecule has 0 unspecified atom stereocenters. The molecule has 0 bridgehead atoms. The van der Waals surface area contributed by atoms with E-state index in [1.807, 2.05) is 12.1 Å². The van der Waals surface area contributed by atoms with Crippen LogP contribution in [0.15, 0.2) is 42.5 Å².